The Kier molecular flexibility index (Phi) is 4.25. The number of nitrogens with one attached hydrogen (secondary N) is 1. The Bertz CT molecular complexity index is 421. The number of nitrogens with zero attached hydrogens (tertiary/aromatic N) is 1. The van der Waals surface area contributed by atoms with Crippen LogP contribution in [0.25, 0.3) is 0 Å². The quantitative estimate of drug-likeness (QED) is 0.915. The molecule has 0 saturated carbocycles. The summed E-state index contributed by atoms with van der Waals surface area (Å²) in [6.45, 7) is 1.12. The second-order valence-corrected chi connectivity index (χ2v) is 6.91. The number of hydrogen-bond donors (Lipinski definition) is 1. The summed E-state index contributed by atoms with van der Waals surface area (Å²) in [4.78, 5) is 2.76. The van der Waals surface area contributed by atoms with E-state index in [1.165, 1.54) is 42.1 Å². The zero-order chi connectivity index (χ0) is 13.2. The number of halogens is 1. The minimum atomic E-state index is 0.731. The lowest BCUT2D eigenvalue weighted by Gasteiger charge is -2.49. The van der Waals surface area contributed by atoms with Crippen molar-refractivity contribution in [3.8, 4) is 0 Å². The average molecular weight is 323 g/mol. The van der Waals surface area contributed by atoms with Gasteiger partial charge in [0.15, 0.2) is 0 Å². The first-order valence-corrected chi connectivity index (χ1v) is 8.23. The van der Waals surface area contributed by atoms with Gasteiger partial charge in [0, 0.05) is 29.1 Å². The third-order valence-corrected chi connectivity index (χ3v) is 5.28. The van der Waals surface area contributed by atoms with Crippen LogP contribution in [-0.4, -0.2) is 30.1 Å². The van der Waals surface area contributed by atoms with Gasteiger partial charge in [-0.1, -0.05) is 34.5 Å². The fraction of sp³-hybridized carbons (Fsp3) is 0.625. The largest absolute Gasteiger partial charge is 0.317 e. The van der Waals surface area contributed by atoms with Crippen LogP contribution in [0.4, 0.5) is 0 Å². The van der Waals surface area contributed by atoms with E-state index in [2.05, 4.69) is 57.5 Å². The molecule has 0 spiro atoms. The van der Waals surface area contributed by atoms with Gasteiger partial charge in [0.25, 0.3) is 0 Å². The molecule has 2 saturated heterocycles. The maximum Gasteiger partial charge on any atom is 0.0240 e. The molecule has 19 heavy (non-hydrogen) atoms. The standard InChI is InChI=1S/C16H23BrN2/c1-18-14-9-15-6-3-7-16(10-14)19(15)11-12-4-2-5-13(17)8-12/h2,4-5,8,14-16,18H,3,6-7,9-11H2,1H3. The van der Waals surface area contributed by atoms with Crippen molar-refractivity contribution >= 4 is 15.9 Å². The highest BCUT2D eigenvalue weighted by Gasteiger charge is 2.37. The molecule has 0 radical (unpaired) electrons. The zero-order valence-corrected chi connectivity index (χ0v) is 13.2. The summed E-state index contributed by atoms with van der Waals surface area (Å²) in [6.07, 6.45) is 6.81. The fourth-order valence-corrected chi connectivity index (χ4v) is 4.27. The summed E-state index contributed by atoms with van der Waals surface area (Å²) < 4.78 is 1.19. The highest BCUT2D eigenvalue weighted by molar-refractivity contribution is 9.10. The SMILES string of the molecule is CNC1CC2CCCC(C1)N2Cc1cccc(Br)c1. The molecule has 2 bridgehead atoms. The van der Waals surface area contributed by atoms with Gasteiger partial charge in [-0.25, -0.2) is 0 Å². The van der Waals surface area contributed by atoms with Crippen molar-refractivity contribution in [3.63, 3.8) is 0 Å². The van der Waals surface area contributed by atoms with Crippen molar-refractivity contribution in [1.29, 1.82) is 0 Å². The van der Waals surface area contributed by atoms with Crippen molar-refractivity contribution in [2.75, 3.05) is 7.05 Å². The molecule has 2 heterocycles. The van der Waals surface area contributed by atoms with Crippen LogP contribution in [-0.2, 0) is 6.54 Å². The predicted molar refractivity (Wildman–Crippen MR) is 83.2 cm³/mol. The van der Waals surface area contributed by atoms with E-state index in [9.17, 15) is 0 Å². The molecule has 2 aliphatic rings. The van der Waals surface area contributed by atoms with Gasteiger partial charge in [0.05, 0.1) is 0 Å². The van der Waals surface area contributed by atoms with Crippen LogP contribution < -0.4 is 5.32 Å². The molecule has 1 aromatic rings. The second-order valence-electron chi connectivity index (χ2n) is 6.00. The molecule has 1 N–H and O–H groups in total. The number of fused-ring (bicyclic) bond motifs is 2. The van der Waals surface area contributed by atoms with Gasteiger partial charge in [-0.15, -0.1) is 0 Å². The Hall–Kier alpha value is -0.380. The van der Waals surface area contributed by atoms with Crippen LogP contribution >= 0.6 is 15.9 Å². The Morgan fingerprint density at radius 3 is 2.63 bits per heavy atom. The molecule has 2 nitrogen and oxygen atoms in total. The maximum atomic E-state index is 3.58. The third-order valence-electron chi connectivity index (χ3n) is 4.79. The third kappa shape index (κ3) is 3.04. The molecule has 0 aromatic heterocycles. The normalized spacial score (nSPS) is 31.4. The van der Waals surface area contributed by atoms with Gasteiger partial charge in [-0.2, -0.15) is 0 Å². The first-order chi connectivity index (χ1) is 9.26. The van der Waals surface area contributed by atoms with Crippen LogP contribution in [0.5, 0.6) is 0 Å². The van der Waals surface area contributed by atoms with E-state index in [1.807, 2.05) is 0 Å². The molecular formula is C16H23BrN2. The first-order valence-electron chi connectivity index (χ1n) is 7.43. The van der Waals surface area contributed by atoms with Crippen LogP contribution in [0.3, 0.4) is 0 Å². The summed E-state index contributed by atoms with van der Waals surface area (Å²) in [5.74, 6) is 0. The monoisotopic (exact) mass is 322 g/mol. The van der Waals surface area contributed by atoms with Gasteiger partial charge in [-0.05, 0) is 50.4 Å². The summed E-state index contributed by atoms with van der Waals surface area (Å²) in [5, 5.41) is 3.49. The van der Waals surface area contributed by atoms with E-state index in [0.717, 1.165) is 24.7 Å². The van der Waals surface area contributed by atoms with E-state index in [0.29, 0.717) is 0 Å². The topological polar surface area (TPSA) is 15.3 Å². The van der Waals surface area contributed by atoms with Gasteiger partial charge < -0.3 is 5.32 Å². The van der Waals surface area contributed by atoms with Crippen molar-refractivity contribution in [1.82, 2.24) is 10.2 Å². The Morgan fingerprint density at radius 2 is 2.00 bits per heavy atom. The fourth-order valence-electron chi connectivity index (χ4n) is 3.82. The number of benzene rings is 1. The first kappa shape index (κ1) is 13.6. The van der Waals surface area contributed by atoms with Crippen molar-refractivity contribution in [2.24, 2.45) is 0 Å². The Balaban J connectivity index is 1.73. The summed E-state index contributed by atoms with van der Waals surface area (Å²) >= 11 is 3.58. The van der Waals surface area contributed by atoms with Crippen molar-refractivity contribution in [2.45, 2.75) is 56.8 Å². The molecule has 2 fully saturated rings. The number of rotatable bonds is 3. The summed E-state index contributed by atoms with van der Waals surface area (Å²) in [7, 11) is 2.12. The lowest BCUT2D eigenvalue weighted by molar-refractivity contribution is 0.0190. The van der Waals surface area contributed by atoms with E-state index < -0.39 is 0 Å². The van der Waals surface area contributed by atoms with Crippen LogP contribution in [0.15, 0.2) is 28.7 Å². The molecule has 2 unspecified atom stereocenters. The van der Waals surface area contributed by atoms with Crippen LogP contribution in [0.1, 0.15) is 37.7 Å². The van der Waals surface area contributed by atoms with E-state index in [-0.39, 0.29) is 0 Å². The highest BCUT2D eigenvalue weighted by Crippen LogP contribution is 2.35. The molecule has 2 atom stereocenters. The van der Waals surface area contributed by atoms with E-state index >= 15 is 0 Å². The Labute approximate surface area is 124 Å². The molecule has 3 rings (SSSR count). The predicted octanol–water partition coefficient (Wildman–Crippen LogP) is 3.55. The Morgan fingerprint density at radius 1 is 1.26 bits per heavy atom. The van der Waals surface area contributed by atoms with E-state index in [1.54, 1.807) is 0 Å². The van der Waals surface area contributed by atoms with Crippen molar-refractivity contribution < 1.29 is 0 Å². The lowest BCUT2D eigenvalue weighted by atomic mass is 9.81. The van der Waals surface area contributed by atoms with Crippen LogP contribution in [0, 0.1) is 0 Å². The molecule has 2 aliphatic heterocycles. The second kappa shape index (κ2) is 5.94. The molecular weight excluding hydrogens is 300 g/mol. The molecule has 3 heteroatoms. The highest BCUT2D eigenvalue weighted by atomic mass is 79.9. The van der Waals surface area contributed by atoms with Gasteiger partial charge in [0.1, 0.15) is 0 Å². The average Bonchev–Trinajstić information content (AvgIpc) is 2.38. The van der Waals surface area contributed by atoms with Gasteiger partial charge in [-0.3, -0.25) is 4.90 Å². The number of piperidine rings is 2. The van der Waals surface area contributed by atoms with Gasteiger partial charge >= 0.3 is 0 Å². The molecule has 0 aliphatic carbocycles. The number of hydrogen-bond acceptors (Lipinski definition) is 2. The lowest BCUT2D eigenvalue weighted by Crippen LogP contribution is -2.55. The molecule has 104 valence electrons. The van der Waals surface area contributed by atoms with Gasteiger partial charge in [0.2, 0.25) is 0 Å². The molecule has 0 amide bonds. The van der Waals surface area contributed by atoms with Crippen LogP contribution in [0.2, 0.25) is 0 Å². The minimum Gasteiger partial charge on any atom is -0.317 e. The summed E-state index contributed by atoms with van der Waals surface area (Å²) in [6, 6.07) is 11.1. The van der Waals surface area contributed by atoms with E-state index in [4.69, 9.17) is 0 Å². The smallest absolute Gasteiger partial charge is 0.0240 e. The summed E-state index contributed by atoms with van der Waals surface area (Å²) in [5.41, 5.74) is 1.44. The molecule has 1 aromatic carbocycles. The van der Waals surface area contributed by atoms with Crippen molar-refractivity contribution in [3.05, 3.63) is 34.3 Å². The zero-order valence-electron chi connectivity index (χ0n) is 11.6. The maximum absolute atomic E-state index is 3.58. The minimum absolute atomic E-state index is 0.731.